The van der Waals surface area contributed by atoms with Gasteiger partial charge in [-0.15, -0.1) is 0 Å². The summed E-state index contributed by atoms with van der Waals surface area (Å²) in [6.07, 6.45) is 6.98. The molecule has 9 heteroatoms. The fourth-order valence-electron chi connectivity index (χ4n) is 5.36. The van der Waals surface area contributed by atoms with Crippen LogP contribution in [0.3, 0.4) is 0 Å². The number of fused-ring (bicyclic) bond motifs is 2. The van der Waals surface area contributed by atoms with Crippen LogP contribution < -0.4 is 5.32 Å². The van der Waals surface area contributed by atoms with E-state index in [1.54, 1.807) is 4.68 Å². The van der Waals surface area contributed by atoms with Gasteiger partial charge in [0.15, 0.2) is 0 Å². The Morgan fingerprint density at radius 3 is 2.52 bits per heavy atom. The van der Waals surface area contributed by atoms with Gasteiger partial charge in [-0.25, -0.2) is 4.98 Å². The number of nitrogens with one attached hydrogen (secondary N) is 1. The van der Waals surface area contributed by atoms with Gasteiger partial charge in [-0.2, -0.15) is 5.10 Å². The van der Waals surface area contributed by atoms with Crippen molar-refractivity contribution in [2.75, 3.05) is 11.9 Å². The van der Waals surface area contributed by atoms with Gasteiger partial charge in [0.25, 0.3) is 0 Å². The van der Waals surface area contributed by atoms with Crippen molar-refractivity contribution in [3.8, 4) is 11.1 Å². The zero-order chi connectivity index (χ0) is 23.8. The number of aromatic nitrogens is 3. The smallest absolute Gasteiger partial charge is 0.130 e. The molecule has 3 atom stereocenters. The van der Waals surface area contributed by atoms with E-state index in [9.17, 15) is 0 Å². The Balaban J connectivity index is 1.38. The first-order valence-electron chi connectivity index (χ1n) is 11.1. The van der Waals surface area contributed by atoms with Crippen molar-refractivity contribution in [2.24, 2.45) is 7.05 Å². The molecule has 2 aliphatic rings. The zero-order valence-electron chi connectivity index (χ0n) is 19.5. The van der Waals surface area contributed by atoms with Gasteiger partial charge in [-0.1, -0.05) is 37.3 Å². The van der Waals surface area contributed by atoms with E-state index in [-0.39, 0.29) is 5.54 Å². The number of hydrogen-bond acceptors (Lipinski definition) is 4. The van der Waals surface area contributed by atoms with Gasteiger partial charge in [0.2, 0.25) is 0 Å². The molecule has 0 amide bonds. The third kappa shape index (κ3) is 3.47. The van der Waals surface area contributed by atoms with Crippen LogP contribution in [-0.4, -0.2) is 68.6 Å². The van der Waals surface area contributed by atoms with Gasteiger partial charge >= 0.3 is 0 Å². The second-order valence-electron chi connectivity index (χ2n) is 10.3. The molecule has 0 spiro atoms. The van der Waals surface area contributed by atoms with Crippen molar-refractivity contribution in [3.63, 3.8) is 0 Å². The largest absolute Gasteiger partial charge is 0.343 e. The second kappa shape index (κ2) is 7.05. The van der Waals surface area contributed by atoms with Crippen molar-refractivity contribution in [1.29, 1.82) is 0 Å². The second-order valence-corrected chi connectivity index (χ2v) is 10.3. The van der Waals surface area contributed by atoms with E-state index in [1.165, 1.54) is 0 Å². The fourth-order valence-corrected chi connectivity index (χ4v) is 5.36. The summed E-state index contributed by atoms with van der Waals surface area (Å²) in [6.45, 7) is 8.68. The molecule has 1 aliphatic carbocycles. The molecule has 1 aliphatic heterocycles. The summed E-state index contributed by atoms with van der Waals surface area (Å²) in [5.41, 5.74) is 1.69. The topological polar surface area (TPSA) is 46.0 Å². The first-order valence-corrected chi connectivity index (χ1v) is 11.1. The van der Waals surface area contributed by atoms with Crippen molar-refractivity contribution >= 4 is 48.0 Å². The Morgan fingerprint density at radius 1 is 1.06 bits per heavy atom. The van der Waals surface area contributed by atoms with Crippen LogP contribution >= 0.6 is 0 Å². The Morgan fingerprint density at radius 2 is 1.82 bits per heavy atom. The normalized spacial score (nSPS) is 30.6. The number of aryl methyl sites for hydroxylation is 1. The molecule has 3 aromatic rings. The summed E-state index contributed by atoms with van der Waals surface area (Å²) in [5.74, 6) is 0.707. The van der Waals surface area contributed by atoms with Gasteiger partial charge in [0, 0.05) is 48.2 Å². The van der Waals surface area contributed by atoms with E-state index in [0.29, 0.717) is 18.8 Å². The molecule has 1 aromatic carbocycles. The first kappa shape index (κ1) is 22.4. The molecule has 8 radical (unpaired) electrons. The third-order valence-corrected chi connectivity index (χ3v) is 7.73. The molecule has 2 fully saturated rings. The molecule has 3 heterocycles. The number of piperidine rings is 1. The summed E-state index contributed by atoms with van der Waals surface area (Å²) in [7, 11) is 28.0. The highest BCUT2D eigenvalue weighted by molar-refractivity contribution is 6.46. The quantitative estimate of drug-likeness (QED) is 0.637. The van der Waals surface area contributed by atoms with Crippen molar-refractivity contribution in [2.45, 2.75) is 48.2 Å². The molecule has 3 unspecified atom stereocenters. The molecule has 5 nitrogen and oxygen atoms in total. The molecule has 1 N–H and O–H groups in total. The predicted octanol–water partition coefficient (Wildman–Crippen LogP) is 3.09. The van der Waals surface area contributed by atoms with Gasteiger partial charge < -0.3 is 5.32 Å². The highest BCUT2D eigenvalue weighted by Gasteiger charge is 2.71. The fraction of sp³-hybridized carbons (Fsp3) is 0.417. The molecule has 2 aromatic heterocycles. The lowest BCUT2D eigenvalue weighted by Gasteiger charge is -2.60. The minimum absolute atomic E-state index is 0.279. The Hall–Kier alpha value is -2.40. The van der Waals surface area contributed by atoms with E-state index >= 15 is 0 Å². The average Bonchev–Trinajstić information content (AvgIpc) is 3.04. The van der Waals surface area contributed by atoms with Crippen LogP contribution in [0.5, 0.6) is 0 Å². The molecular formula is C24H25B4N5. The maximum absolute atomic E-state index is 6.68. The van der Waals surface area contributed by atoms with Gasteiger partial charge in [-0.3, -0.25) is 9.58 Å². The molecule has 1 saturated heterocycles. The summed E-state index contributed by atoms with van der Waals surface area (Å²) >= 11 is 0. The summed E-state index contributed by atoms with van der Waals surface area (Å²) in [6, 6.07) is 8.29. The maximum Gasteiger partial charge on any atom is 0.130 e. The van der Waals surface area contributed by atoms with Crippen molar-refractivity contribution < 1.29 is 0 Å². The van der Waals surface area contributed by atoms with E-state index in [2.05, 4.69) is 52.0 Å². The lowest BCUT2D eigenvalue weighted by molar-refractivity contribution is 0.0653. The number of rotatable bonds is 5. The predicted molar refractivity (Wildman–Crippen MR) is 138 cm³/mol. The molecular weight excluding hydrogens is 402 g/mol. The Labute approximate surface area is 201 Å². The molecule has 0 bridgehead atoms. The van der Waals surface area contributed by atoms with Crippen molar-refractivity contribution in [1.82, 2.24) is 19.7 Å². The summed E-state index contributed by atoms with van der Waals surface area (Å²) in [5, 5.41) is 8.17. The number of benzene rings is 1. The molecule has 1 saturated carbocycles. The van der Waals surface area contributed by atoms with Crippen LogP contribution in [0.4, 0.5) is 5.82 Å². The van der Waals surface area contributed by atoms with E-state index in [1.807, 2.05) is 38.6 Å². The third-order valence-electron chi connectivity index (χ3n) is 7.73. The molecule has 158 valence electrons. The lowest BCUT2D eigenvalue weighted by Crippen LogP contribution is -2.64. The standard InChI is InChI=1S/C24H25B4N5/c1-15(11-33-21(2)13-23(21,26)14-24(27,28)22(33,3)25)31-20-8-18-7-16(5-6-17(18)9-29-20)19-10-30-32(4)12-19/h5-10,12H,1,11,13-14H2,2-4H3,(H,29,31). The number of nitrogens with zero attached hydrogens (tertiary/aromatic N) is 4. The Kier molecular flexibility index (Phi) is 4.78. The van der Waals surface area contributed by atoms with E-state index in [0.717, 1.165) is 34.0 Å². The minimum Gasteiger partial charge on any atom is -0.343 e. The van der Waals surface area contributed by atoms with Crippen LogP contribution in [0.25, 0.3) is 21.9 Å². The molecule has 33 heavy (non-hydrogen) atoms. The van der Waals surface area contributed by atoms with Crippen LogP contribution in [0.1, 0.15) is 26.7 Å². The molecule has 5 rings (SSSR count). The maximum atomic E-state index is 6.68. The number of anilines is 1. The SMILES string of the molecule is [B]C1([B])CC2([B])CC2(C)N(CC(=C)Nc2cc3cc(-c4cnn(C)c4)ccc3cn2)C1([B])C. The summed E-state index contributed by atoms with van der Waals surface area (Å²) < 4.78 is 1.79. The van der Waals surface area contributed by atoms with Gasteiger partial charge in [0.1, 0.15) is 5.82 Å². The van der Waals surface area contributed by atoms with Crippen LogP contribution in [0.2, 0.25) is 10.5 Å². The lowest BCUT2D eigenvalue weighted by atomic mass is 9.34. The highest BCUT2D eigenvalue weighted by atomic mass is 15.3. The average molecular weight is 427 g/mol. The van der Waals surface area contributed by atoms with Crippen LogP contribution in [0.15, 0.2) is 55.1 Å². The van der Waals surface area contributed by atoms with Crippen molar-refractivity contribution in [3.05, 3.63) is 55.1 Å². The van der Waals surface area contributed by atoms with Gasteiger partial charge in [-0.05, 0) is 47.2 Å². The number of likely N-dealkylation sites (tertiary alicyclic amines) is 1. The Bertz CT molecular complexity index is 1270. The van der Waals surface area contributed by atoms with Crippen LogP contribution in [-0.2, 0) is 7.05 Å². The minimum atomic E-state index is -1.11. The van der Waals surface area contributed by atoms with Gasteiger partial charge in [0.05, 0.1) is 37.6 Å². The van der Waals surface area contributed by atoms with Crippen LogP contribution in [0, 0.1) is 0 Å². The zero-order valence-corrected chi connectivity index (χ0v) is 19.5. The monoisotopic (exact) mass is 427 g/mol. The van der Waals surface area contributed by atoms with E-state index in [4.69, 9.17) is 31.4 Å². The number of pyridine rings is 1. The summed E-state index contributed by atoms with van der Waals surface area (Å²) in [4.78, 5) is 6.66. The van der Waals surface area contributed by atoms with E-state index < -0.39 is 16.0 Å². The first-order chi connectivity index (χ1) is 15.3. The highest BCUT2D eigenvalue weighted by Crippen LogP contribution is 2.75. The number of hydrogen-bond donors (Lipinski definition) is 1.